The normalized spacial score (nSPS) is 9.95. The second-order valence-electron chi connectivity index (χ2n) is 3.87. The molecule has 2 amide bonds. The van der Waals surface area contributed by atoms with Crippen molar-refractivity contribution in [3.63, 3.8) is 0 Å². The quantitative estimate of drug-likeness (QED) is 0.830. The lowest BCUT2D eigenvalue weighted by molar-refractivity contribution is -0.119. The van der Waals surface area contributed by atoms with Gasteiger partial charge < -0.3 is 15.2 Å². The molecule has 0 aliphatic carbocycles. The second kappa shape index (κ2) is 5.81. The van der Waals surface area contributed by atoms with Gasteiger partial charge in [0.15, 0.2) is 0 Å². The lowest BCUT2D eigenvalue weighted by Crippen LogP contribution is -2.35. The molecule has 1 aromatic heterocycles. The molecule has 0 fully saturated rings. The third-order valence-electron chi connectivity index (χ3n) is 2.62. The summed E-state index contributed by atoms with van der Waals surface area (Å²) in [6.07, 6.45) is 5.19. The van der Waals surface area contributed by atoms with E-state index in [1.54, 1.807) is 24.7 Å². The molecule has 0 radical (unpaired) electrons. The summed E-state index contributed by atoms with van der Waals surface area (Å²) in [6, 6.07) is 7.04. The van der Waals surface area contributed by atoms with Gasteiger partial charge in [-0.25, -0.2) is 4.98 Å². The van der Waals surface area contributed by atoms with E-state index in [-0.39, 0.29) is 18.4 Å². The van der Waals surface area contributed by atoms with Gasteiger partial charge in [-0.1, -0.05) is 0 Å². The molecule has 0 aliphatic rings. The second-order valence-corrected chi connectivity index (χ2v) is 3.87. The summed E-state index contributed by atoms with van der Waals surface area (Å²) < 4.78 is 1.84. The van der Waals surface area contributed by atoms with Crippen molar-refractivity contribution in [2.24, 2.45) is 0 Å². The average Bonchev–Trinajstić information content (AvgIpc) is 2.98. The van der Waals surface area contributed by atoms with Crippen LogP contribution in [0.2, 0.25) is 0 Å². The Morgan fingerprint density at radius 3 is 2.58 bits per heavy atom. The number of nitrogens with one attached hydrogen (secondary N) is 2. The maximum absolute atomic E-state index is 11.8. The number of aromatic nitrogens is 2. The van der Waals surface area contributed by atoms with Gasteiger partial charge >= 0.3 is 0 Å². The summed E-state index contributed by atoms with van der Waals surface area (Å²) >= 11 is 0. The number of hydrogen-bond donors (Lipinski definition) is 2. The van der Waals surface area contributed by atoms with Crippen molar-refractivity contribution in [1.29, 1.82) is 0 Å². The molecule has 98 valence electrons. The van der Waals surface area contributed by atoms with Gasteiger partial charge in [0.2, 0.25) is 5.91 Å². The molecule has 1 aromatic carbocycles. The van der Waals surface area contributed by atoms with Crippen molar-refractivity contribution in [2.45, 2.75) is 0 Å². The Hall–Kier alpha value is -2.63. The zero-order chi connectivity index (χ0) is 13.7. The number of hydrogen-bond acceptors (Lipinski definition) is 3. The van der Waals surface area contributed by atoms with Crippen LogP contribution in [0.25, 0.3) is 5.69 Å². The van der Waals surface area contributed by atoms with E-state index in [1.807, 2.05) is 22.9 Å². The molecule has 1 heterocycles. The van der Waals surface area contributed by atoms with E-state index in [0.717, 1.165) is 5.69 Å². The Balaban J connectivity index is 2.02. The van der Waals surface area contributed by atoms with E-state index in [1.165, 1.54) is 7.05 Å². The molecule has 0 bridgehead atoms. The van der Waals surface area contributed by atoms with Crippen LogP contribution >= 0.6 is 0 Å². The minimum Gasteiger partial charge on any atom is -0.358 e. The highest BCUT2D eigenvalue weighted by Gasteiger charge is 2.07. The summed E-state index contributed by atoms with van der Waals surface area (Å²) in [6.45, 7) is -0.0292. The number of imidazole rings is 1. The third-order valence-corrected chi connectivity index (χ3v) is 2.62. The number of carbonyl (C=O) groups is 2. The molecule has 0 unspecified atom stereocenters. The molecule has 0 saturated carbocycles. The summed E-state index contributed by atoms with van der Waals surface area (Å²) in [5.41, 5.74) is 1.42. The standard InChI is InChI=1S/C13H14N4O2/c1-14-12(18)8-16-13(19)10-2-4-11(5-3-10)17-7-6-15-9-17/h2-7,9H,8H2,1H3,(H,14,18)(H,16,19). The molecule has 2 rings (SSSR count). The summed E-state index contributed by atoms with van der Waals surface area (Å²) in [4.78, 5) is 26.7. The van der Waals surface area contributed by atoms with Crippen LogP contribution in [0.15, 0.2) is 43.0 Å². The zero-order valence-electron chi connectivity index (χ0n) is 10.5. The van der Waals surface area contributed by atoms with Crippen LogP contribution in [-0.2, 0) is 4.79 Å². The van der Waals surface area contributed by atoms with Gasteiger partial charge in [0, 0.05) is 30.7 Å². The number of carbonyl (C=O) groups excluding carboxylic acids is 2. The molecular formula is C13H14N4O2. The van der Waals surface area contributed by atoms with Crippen LogP contribution in [0.1, 0.15) is 10.4 Å². The summed E-state index contributed by atoms with van der Waals surface area (Å²) in [5.74, 6) is -0.510. The summed E-state index contributed by atoms with van der Waals surface area (Å²) in [7, 11) is 1.52. The molecule has 19 heavy (non-hydrogen) atoms. The van der Waals surface area contributed by atoms with E-state index < -0.39 is 0 Å². The van der Waals surface area contributed by atoms with E-state index in [2.05, 4.69) is 15.6 Å². The van der Waals surface area contributed by atoms with Crippen LogP contribution < -0.4 is 10.6 Å². The molecule has 0 atom stereocenters. The van der Waals surface area contributed by atoms with Crippen LogP contribution in [0.5, 0.6) is 0 Å². The van der Waals surface area contributed by atoms with Crippen molar-refractivity contribution in [3.8, 4) is 5.69 Å². The van der Waals surface area contributed by atoms with Gasteiger partial charge in [0.25, 0.3) is 5.91 Å². The minimum absolute atomic E-state index is 0.0292. The van der Waals surface area contributed by atoms with Crippen LogP contribution in [0.4, 0.5) is 0 Å². The fraction of sp³-hybridized carbons (Fsp3) is 0.154. The first-order valence-corrected chi connectivity index (χ1v) is 5.78. The topological polar surface area (TPSA) is 76.0 Å². The Labute approximate surface area is 110 Å². The first-order valence-electron chi connectivity index (χ1n) is 5.78. The highest BCUT2D eigenvalue weighted by molar-refractivity contribution is 5.96. The molecule has 0 aliphatic heterocycles. The van der Waals surface area contributed by atoms with Crippen molar-refractivity contribution in [3.05, 3.63) is 48.5 Å². The number of benzene rings is 1. The molecule has 6 heteroatoms. The lowest BCUT2D eigenvalue weighted by Gasteiger charge is -2.06. The first kappa shape index (κ1) is 12.8. The average molecular weight is 258 g/mol. The SMILES string of the molecule is CNC(=O)CNC(=O)c1ccc(-n2ccnc2)cc1. The monoisotopic (exact) mass is 258 g/mol. The number of likely N-dealkylation sites (N-methyl/N-ethyl adjacent to an activating group) is 1. The predicted molar refractivity (Wildman–Crippen MR) is 70.0 cm³/mol. The van der Waals surface area contributed by atoms with Gasteiger partial charge in [-0.3, -0.25) is 9.59 Å². The fourth-order valence-electron chi connectivity index (χ4n) is 1.55. The highest BCUT2D eigenvalue weighted by atomic mass is 16.2. The van der Waals surface area contributed by atoms with Gasteiger partial charge in [0.05, 0.1) is 12.9 Å². The Kier molecular flexibility index (Phi) is 3.92. The van der Waals surface area contributed by atoms with Crippen molar-refractivity contribution in [1.82, 2.24) is 20.2 Å². The maximum atomic E-state index is 11.8. The predicted octanol–water partition coefficient (Wildman–Crippen LogP) is 0.348. The Morgan fingerprint density at radius 1 is 1.26 bits per heavy atom. The van der Waals surface area contributed by atoms with Crippen LogP contribution in [0, 0.1) is 0 Å². The lowest BCUT2D eigenvalue weighted by atomic mass is 10.2. The molecule has 2 aromatic rings. The van der Waals surface area contributed by atoms with Gasteiger partial charge in [-0.15, -0.1) is 0 Å². The van der Waals surface area contributed by atoms with Crippen molar-refractivity contribution < 1.29 is 9.59 Å². The largest absolute Gasteiger partial charge is 0.358 e. The van der Waals surface area contributed by atoms with Gasteiger partial charge in [-0.05, 0) is 24.3 Å². The van der Waals surface area contributed by atoms with Crippen LogP contribution in [0.3, 0.4) is 0 Å². The number of amides is 2. The molecule has 0 saturated heterocycles. The highest BCUT2D eigenvalue weighted by Crippen LogP contribution is 2.09. The Morgan fingerprint density at radius 2 is 2.00 bits per heavy atom. The Bertz CT molecular complexity index is 561. The molecule has 6 nitrogen and oxygen atoms in total. The third kappa shape index (κ3) is 3.19. The van der Waals surface area contributed by atoms with E-state index in [9.17, 15) is 9.59 Å². The van der Waals surface area contributed by atoms with Gasteiger partial charge in [0.1, 0.15) is 0 Å². The molecule has 0 spiro atoms. The summed E-state index contributed by atoms with van der Waals surface area (Å²) in [5, 5.41) is 4.97. The minimum atomic E-state index is -0.277. The number of rotatable bonds is 4. The van der Waals surface area contributed by atoms with E-state index in [0.29, 0.717) is 5.56 Å². The smallest absolute Gasteiger partial charge is 0.251 e. The molecular weight excluding hydrogens is 244 g/mol. The van der Waals surface area contributed by atoms with Crippen molar-refractivity contribution >= 4 is 11.8 Å². The zero-order valence-corrected chi connectivity index (χ0v) is 10.5. The first-order chi connectivity index (χ1) is 9.20. The van der Waals surface area contributed by atoms with Crippen LogP contribution in [-0.4, -0.2) is 35.0 Å². The van der Waals surface area contributed by atoms with E-state index >= 15 is 0 Å². The molecule has 2 N–H and O–H groups in total. The maximum Gasteiger partial charge on any atom is 0.251 e. The van der Waals surface area contributed by atoms with Gasteiger partial charge in [-0.2, -0.15) is 0 Å². The number of nitrogens with zero attached hydrogens (tertiary/aromatic N) is 2. The fourth-order valence-corrected chi connectivity index (χ4v) is 1.55. The van der Waals surface area contributed by atoms with E-state index in [4.69, 9.17) is 0 Å². The van der Waals surface area contributed by atoms with Crippen molar-refractivity contribution in [2.75, 3.05) is 13.6 Å².